The third-order valence-corrected chi connectivity index (χ3v) is 7.19. The van der Waals surface area contributed by atoms with E-state index in [0.29, 0.717) is 43.7 Å². The molecule has 0 radical (unpaired) electrons. The number of hydrogen-bond donors (Lipinski definition) is 0. The second kappa shape index (κ2) is 7.21. The van der Waals surface area contributed by atoms with Crippen molar-refractivity contribution in [1.29, 1.82) is 0 Å². The van der Waals surface area contributed by atoms with E-state index < -0.39 is 10.0 Å². The van der Waals surface area contributed by atoms with Gasteiger partial charge < -0.3 is 9.26 Å². The van der Waals surface area contributed by atoms with Crippen LogP contribution in [0.15, 0.2) is 33.7 Å². The zero-order valence-electron chi connectivity index (χ0n) is 15.5. The predicted octanol–water partition coefficient (Wildman–Crippen LogP) is 2.02. The maximum absolute atomic E-state index is 12.8. The van der Waals surface area contributed by atoms with Crippen LogP contribution >= 0.6 is 0 Å². The van der Waals surface area contributed by atoms with Gasteiger partial charge in [-0.25, -0.2) is 8.42 Å². The van der Waals surface area contributed by atoms with Gasteiger partial charge >= 0.3 is 0 Å². The first-order chi connectivity index (χ1) is 13.0. The molecular formula is C18H24N4O4S. The van der Waals surface area contributed by atoms with Gasteiger partial charge in [0, 0.05) is 32.1 Å². The zero-order valence-corrected chi connectivity index (χ0v) is 16.4. The maximum Gasteiger partial charge on any atom is 0.243 e. The highest BCUT2D eigenvalue weighted by Crippen LogP contribution is 2.38. The van der Waals surface area contributed by atoms with E-state index >= 15 is 0 Å². The average molecular weight is 392 g/mol. The van der Waals surface area contributed by atoms with Crippen LogP contribution in [0.25, 0.3) is 0 Å². The Balaban J connectivity index is 1.39. The Morgan fingerprint density at radius 1 is 1.15 bits per heavy atom. The van der Waals surface area contributed by atoms with E-state index in [9.17, 15) is 8.42 Å². The van der Waals surface area contributed by atoms with Crippen LogP contribution in [0, 0.1) is 0 Å². The van der Waals surface area contributed by atoms with E-state index in [2.05, 4.69) is 15.0 Å². The molecule has 1 saturated heterocycles. The Hall–Kier alpha value is -1.97. The Morgan fingerprint density at radius 2 is 1.81 bits per heavy atom. The summed E-state index contributed by atoms with van der Waals surface area (Å²) in [4.78, 5) is 6.99. The first kappa shape index (κ1) is 18.4. The maximum atomic E-state index is 12.8. The molecule has 146 valence electrons. The molecule has 1 aromatic carbocycles. The van der Waals surface area contributed by atoms with Crippen molar-refractivity contribution in [2.45, 2.75) is 36.6 Å². The van der Waals surface area contributed by atoms with Gasteiger partial charge in [0.1, 0.15) is 5.75 Å². The minimum Gasteiger partial charge on any atom is -0.497 e. The summed E-state index contributed by atoms with van der Waals surface area (Å²) in [7, 11) is -1.94. The van der Waals surface area contributed by atoms with Crippen molar-refractivity contribution >= 4 is 10.0 Å². The summed E-state index contributed by atoms with van der Waals surface area (Å²) in [6.45, 7) is 4.14. The summed E-state index contributed by atoms with van der Waals surface area (Å²) < 4.78 is 37.7. The Bertz CT molecular complexity index is 884. The monoisotopic (exact) mass is 392 g/mol. The summed E-state index contributed by atoms with van der Waals surface area (Å²) in [5.41, 5.74) is 0. The molecule has 2 fully saturated rings. The third kappa shape index (κ3) is 3.71. The van der Waals surface area contributed by atoms with Crippen LogP contribution in [-0.2, 0) is 10.0 Å². The van der Waals surface area contributed by atoms with Crippen molar-refractivity contribution in [3.8, 4) is 5.75 Å². The third-order valence-electron chi connectivity index (χ3n) is 5.28. The van der Waals surface area contributed by atoms with Gasteiger partial charge in [-0.05, 0) is 44.0 Å². The topological polar surface area (TPSA) is 88.8 Å². The fraction of sp³-hybridized carbons (Fsp3) is 0.556. The number of hydrogen-bond acceptors (Lipinski definition) is 7. The van der Waals surface area contributed by atoms with Crippen molar-refractivity contribution in [1.82, 2.24) is 19.3 Å². The van der Waals surface area contributed by atoms with Crippen molar-refractivity contribution < 1.29 is 17.7 Å². The quantitative estimate of drug-likeness (QED) is 0.743. The van der Waals surface area contributed by atoms with Crippen LogP contribution in [0.4, 0.5) is 0 Å². The molecule has 1 aromatic heterocycles. The first-order valence-corrected chi connectivity index (χ1v) is 10.6. The molecule has 2 aromatic rings. The highest BCUT2D eigenvalue weighted by Gasteiger charge is 2.33. The van der Waals surface area contributed by atoms with Crippen LogP contribution in [0.2, 0.25) is 0 Å². The molecule has 8 nitrogen and oxygen atoms in total. The fourth-order valence-corrected chi connectivity index (χ4v) is 4.73. The van der Waals surface area contributed by atoms with Crippen molar-refractivity contribution in [3.63, 3.8) is 0 Å². The average Bonchev–Trinajstić information content (AvgIpc) is 3.44. The van der Waals surface area contributed by atoms with E-state index in [1.807, 2.05) is 6.92 Å². The normalized spacial score (nSPS) is 20.5. The highest BCUT2D eigenvalue weighted by atomic mass is 32.2. The molecular weight excluding hydrogens is 368 g/mol. The number of rotatable bonds is 6. The highest BCUT2D eigenvalue weighted by molar-refractivity contribution is 7.89. The molecule has 27 heavy (non-hydrogen) atoms. The molecule has 1 atom stereocenters. The van der Waals surface area contributed by atoms with E-state index in [1.165, 1.54) is 4.31 Å². The summed E-state index contributed by atoms with van der Waals surface area (Å²) in [5.74, 6) is 2.51. The summed E-state index contributed by atoms with van der Waals surface area (Å²) in [6.07, 6.45) is 2.27. The lowest BCUT2D eigenvalue weighted by Crippen LogP contribution is -2.49. The van der Waals surface area contributed by atoms with Crippen LogP contribution in [0.5, 0.6) is 5.75 Å². The number of ether oxygens (including phenoxy) is 1. The molecule has 1 unspecified atom stereocenters. The van der Waals surface area contributed by atoms with E-state index in [-0.39, 0.29) is 10.9 Å². The number of sulfonamides is 1. The van der Waals surface area contributed by atoms with E-state index in [4.69, 9.17) is 9.26 Å². The first-order valence-electron chi connectivity index (χ1n) is 9.21. The second-order valence-corrected chi connectivity index (χ2v) is 8.99. The van der Waals surface area contributed by atoms with Crippen molar-refractivity contribution in [2.75, 3.05) is 33.3 Å². The lowest BCUT2D eigenvalue weighted by molar-refractivity contribution is 0.124. The van der Waals surface area contributed by atoms with Crippen molar-refractivity contribution in [3.05, 3.63) is 36.0 Å². The van der Waals surface area contributed by atoms with Crippen LogP contribution in [0.1, 0.15) is 43.4 Å². The van der Waals surface area contributed by atoms with Gasteiger partial charge in [0.05, 0.1) is 18.0 Å². The molecule has 1 saturated carbocycles. The molecule has 0 spiro atoms. The number of aromatic nitrogens is 2. The molecule has 0 bridgehead atoms. The summed E-state index contributed by atoms with van der Waals surface area (Å²) in [6, 6.07) is 6.48. The van der Waals surface area contributed by atoms with E-state index in [1.54, 1.807) is 31.4 Å². The predicted molar refractivity (Wildman–Crippen MR) is 98.0 cm³/mol. The molecule has 2 heterocycles. The Morgan fingerprint density at radius 3 is 2.41 bits per heavy atom. The lowest BCUT2D eigenvalue weighted by atomic mass is 10.2. The van der Waals surface area contributed by atoms with Gasteiger partial charge in [-0.3, -0.25) is 4.90 Å². The lowest BCUT2D eigenvalue weighted by Gasteiger charge is -2.36. The Kier molecular flexibility index (Phi) is 4.92. The van der Waals surface area contributed by atoms with Gasteiger partial charge in [0.2, 0.25) is 15.9 Å². The zero-order chi connectivity index (χ0) is 19.0. The van der Waals surface area contributed by atoms with Gasteiger partial charge in [-0.1, -0.05) is 5.16 Å². The smallest absolute Gasteiger partial charge is 0.243 e. The van der Waals surface area contributed by atoms with Gasteiger partial charge in [-0.2, -0.15) is 9.29 Å². The largest absolute Gasteiger partial charge is 0.497 e. The number of benzene rings is 1. The minimum atomic E-state index is -3.50. The van der Waals surface area contributed by atoms with E-state index in [0.717, 1.165) is 18.7 Å². The molecule has 4 rings (SSSR count). The van der Waals surface area contributed by atoms with Crippen molar-refractivity contribution in [2.24, 2.45) is 0 Å². The fourth-order valence-electron chi connectivity index (χ4n) is 3.31. The van der Waals surface area contributed by atoms with Gasteiger partial charge in [0.25, 0.3) is 0 Å². The van der Waals surface area contributed by atoms with Gasteiger partial charge in [-0.15, -0.1) is 0 Å². The molecule has 1 aliphatic heterocycles. The van der Waals surface area contributed by atoms with Crippen LogP contribution < -0.4 is 4.74 Å². The number of nitrogens with zero attached hydrogens (tertiary/aromatic N) is 4. The van der Waals surface area contributed by atoms with Gasteiger partial charge in [0.15, 0.2) is 5.82 Å². The molecule has 1 aliphatic carbocycles. The summed E-state index contributed by atoms with van der Waals surface area (Å²) >= 11 is 0. The molecule has 0 amide bonds. The van der Waals surface area contributed by atoms with Crippen LogP contribution in [-0.4, -0.2) is 61.1 Å². The molecule has 9 heteroatoms. The minimum absolute atomic E-state index is 0.0177. The standard InChI is InChI=1S/C18H24N4O4S/c1-13(18-19-17(20-26-18)14-3-4-14)21-9-11-22(12-10-21)27(23,24)16-7-5-15(25-2)6-8-16/h5-8,13-14H,3-4,9-12H2,1-2H3. The van der Waals surface area contributed by atoms with Crippen LogP contribution in [0.3, 0.4) is 0 Å². The molecule has 0 N–H and O–H groups in total. The Labute approximate surface area is 159 Å². The second-order valence-electron chi connectivity index (χ2n) is 7.06. The SMILES string of the molecule is COc1ccc(S(=O)(=O)N2CCN(C(C)c3nc(C4CC4)no3)CC2)cc1. The summed E-state index contributed by atoms with van der Waals surface area (Å²) in [5, 5.41) is 4.07. The number of piperazine rings is 1. The number of methoxy groups -OCH3 is 1. The molecule has 2 aliphatic rings.